The molecule has 0 spiro atoms. The highest BCUT2D eigenvalue weighted by Crippen LogP contribution is 2.18. The van der Waals surface area contributed by atoms with Gasteiger partial charge in [0.15, 0.2) is 0 Å². The number of nitrogens with one attached hydrogen (secondary N) is 1. The summed E-state index contributed by atoms with van der Waals surface area (Å²) in [6.07, 6.45) is 3.90. The molecule has 0 bridgehead atoms. The highest BCUT2D eigenvalue weighted by molar-refractivity contribution is 7.85. The van der Waals surface area contributed by atoms with Crippen LogP contribution in [0.2, 0.25) is 0 Å². The molecule has 1 fully saturated rings. The average Bonchev–Trinajstić information content (AvgIpc) is 2.74. The van der Waals surface area contributed by atoms with Crippen LogP contribution in [0, 0.1) is 0 Å². The normalized spacial score (nSPS) is 28.9. The number of hydrogen-bond donors (Lipinski definition) is 1. The fraction of sp³-hybridized carbons (Fsp3) is 0.700. The van der Waals surface area contributed by atoms with E-state index in [2.05, 4.69) is 17.2 Å². The summed E-state index contributed by atoms with van der Waals surface area (Å²) < 4.78 is 11.2. The molecule has 1 atom stereocenters. The molecule has 0 amide bonds. The van der Waals surface area contributed by atoms with Gasteiger partial charge < -0.3 is 5.32 Å². The fourth-order valence-electron chi connectivity index (χ4n) is 1.83. The number of rotatable bonds is 3. The van der Waals surface area contributed by atoms with E-state index in [0.29, 0.717) is 12.1 Å². The van der Waals surface area contributed by atoms with Crippen LogP contribution in [-0.4, -0.2) is 26.7 Å². The Hall–Kier alpha value is -0.260. The molecular formula is C10H16N2OS2. The van der Waals surface area contributed by atoms with Crippen molar-refractivity contribution >= 4 is 22.1 Å². The van der Waals surface area contributed by atoms with Crippen molar-refractivity contribution in [3.05, 3.63) is 16.6 Å². The molecule has 0 radical (unpaired) electrons. The molecule has 3 nitrogen and oxygen atoms in total. The minimum absolute atomic E-state index is 0.321. The monoisotopic (exact) mass is 244 g/mol. The summed E-state index contributed by atoms with van der Waals surface area (Å²) in [6, 6.07) is 0.836. The van der Waals surface area contributed by atoms with Gasteiger partial charge in [0.2, 0.25) is 0 Å². The number of aromatic nitrogens is 1. The lowest BCUT2D eigenvalue weighted by Crippen LogP contribution is -2.37. The van der Waals surface area contributed by atoms with Crippen molar-refractivity contribution in [1.29, 1.82) is 0 Å². The van der Waals surface area contributed by atoms with Crippen molar-refractivity contribution < 1.29 is 4.21 Å². The van der Waals surface area contributed by atoms with E-state index in [9.17, 15) is 4.21 Å². The smallest absolute Gasteiger partial charge is 0.109 e. The van der Waals surface area contributed by atoms with Crippen molar-refractivity contribution in [2.24, 2.45) is 0 Å². The summed E-state index contributed by atoms with van der Waals surface area (Å²) in [4.78, 5) is 4.29. The van der Waals surface area contributed by atoms with Gasteiger partial charge in [-0.25, -0.2) is 4.98 Å². The van der Waals surface area contributed by atoms with Gasteiger partial charge in [0.25, 0.3) is 0 Å². The van der Waals surface area contributed by atoms with Gasteiger partial charge in [0.05, 0.1) is 6.04 Å². The zero-order chi connectivity index (χ0) is 10.7. The van der Waals surface area contributed by atoms with Crippen molar-refractivity contribution in [1.82, 2.24) is 10.3 Å². The maximum atomic E-state index is 11.2. The van der Waals surface area contributed by atoms with Crippen LogP contribution < -0.4 is 5.32 Å². The first-order valence-electron chi connectivity index (χ1n) is 5.26. The zero-order valence-electron chi connectivity index (χ0n) is 8.81. The maximum absolute atomic E-state index is 11.2. The molecule has 2 rings (SSSR count). The quantitative estimate of drug-likeness (QED) is 0.880. The summed E-state index contributed by atoms with van der Waals surface area (Å²) in [5.41, 5.74) is 0. The largest absolute Gasteiger partial charge is 0.305 e. The number of thiazole rings is 1. The van der Waals surface area contributed by atoms with E-state index in [4.69, 9.17) is 0 Å². The van der Waals surface area contributed by atoms with Gasteiger partial charge >= 0.3 is 0 Å². The standard InChI is InChI=1S/C10H16N2OS2/c1-8(10-11-4-5-14-10)12-9-2-6-15(13)7-3-9/h4-5,8-9,12H,2-3,6-7H2,1H3. The van der Waals surface area contributed by atoms with Gasteiger partial charge in [-0.1, -0.05) is 0 Å². The predicted molar refractivity (Wildman–Crippen MR) is 64.6 cm³/mol. The van der Waals surface area contributed by atoms with Gasteiger partial charge in [-0.15, -0.1) is 11.3 Å². The molecule has 1 aliphatic rings. The third kappa shape index (κ3) is 3.09. The van der Waals surface area contributed by atoms with Crippen LogP contribution in [0.3, 0.4) is 0 Å². The van der Waals surface area contributed by atoms with E-state index in [1.54, 1.807) is 11.3 Å². The lowest BCUT2D eigenvalue weighted by molar-refractivity contribution is 0.426. The van der Waals surface area contributed by atoms with Crippen LogP contribution in [0.5, 0.6) is 0 Å². The van der Waals surface area contributed by atoms with Gasteiger partial charge in [0.1, 0.15) is 5.01 Å². The van der Waals surface area contributed by atoms with E-state index in [1.165, 1.54) is 0 Å². The van der Waals surface area contributed by atoms with Crippen molar-refractivity contribution in [3.63, 3.8) is 0 Å². The fourth-order valence-corrected chi connectivity index (χ4v) is 3.79. The number of hydrogen-bond acceptors (Lipinski definition) is 4. The average molecular weight is 244 g/mol. The summed E-state index contributed by atoms with van der Waals surface area (Å²) in [5, 5.41) is 6.70. The van der Waals surface area contributed by atoms with Crippen LogP contribution >= 0.6 is 11.3 Å². The molecule has 5 heteroatoms. The Morgan fingerprint density at radius 2 is 2.33 bits per heavy atom. The van der Waals surface area contributed by atoms with Gasteiger partial charge in [0, 0.05) is 39.9 Å². The minimum atomic E-state index is -0.565. The molecule has 0 saturated carbocycles. The molecule has 0 aromatic carbocycles. The maximum Gasteiger partial charge on any atom is 0.109 e. The summed E-state index contributed by atoms with van der Waals surface area (Å²) in [7, 11) is -0.565. The first kappa shape index (κ1) is 11.2. The van der Waals surface area contributed by atoms with E-state index < -0.39 is 10.8 Å². The molecule has 1 saturated heterocycles. The first-order chi connectivity index (χ1) is 7.25. The molecule has 1 aromatic rings. The van der Waals surface area contributed by atoms with Crippen molar-refractivity contribution in [2.75, 3.05) is 11.5 Å². The zero-order valence-corrected chi connectivity index (χ0v) is 10.4. The topological polar surface area (TPSA) is 42.0 Å². The lowest BCUT2D eigenvalue weighted by Gasteiger charge is -2.25. The summed E-state index contributed by atoms with van der Waals surface area (Å²) in [6.45, 7) is 2.14. The molecule has 1 unspecified atom stereocenters. The Morgan fingerprint density at radius 3 is 2.93 bits per heavy atom. The Kier molecular flexibility index (Phi) is 3.88. The minimum Gasteiger partial charge on any atom is -0.305 e. The van der Waals surface area contributed by atoms with E-state index in [-0.39, 0.29) is 0 Å². The Labute approximate surface area is 96.8 Å². The molecule has 1 N–H and O–H groups in total. The summed E-state index contributed by atoms with van der Waals surface area (Å²) >= 11 is 1.69. The molecule has 15 heavy (non-hydrogen) atoms. The second kappa shape index (κ2) is 5.18. The van der Waals surface area contributed by atoms with Gasteiger partial charge in [-0.2, -0.15) is 0 Å². The summed E-state index contributed by atoms with van der Waals surface area (Å²) in [5.74, 6) is 1.70. The van der Waals surface area contributed by atoms with Crippen LogP contribution in [0.1, 0.15) is 30.8 Å². The highest BCUT2D eigenvalue weighted by Gasteiger charge is 2.20. The molecule has 84 valence electrons. The second-order valence-corrected chi connectivity index (χ2v) is 6.50. The highest BCUT2D eigenvalue weighted by atomic mass is 32.2. The molecule has 1 aliphatic heterocycles. The van der Waals surface area contributed by atoms with E-state index in [1.807, 2.05) is 11.6 Å². The third-order valence-electron chi connectivity index (χ3n) is 2.70. The van der Waals surface area contributed by atoms with Gasteiger partial charge in [-0.3, -0.25) is 4.21 Å². The first-order valence-corrected chi connectivity index (χ1v) is 7.63. The third-order valence-corrected chi connectivity index (χ3v) is 5.04. The molecule has 0 aliphatic carbocycles. The van der Waals surface area contributed by atoms with E-state index in [0.717, 1.165) is 29.4 Å². The van der Waals surface area contributed by atoms with E-state index >= 15 is 0 Å². The lowest BCUT2D eigenvalue weighted by atomic mass is 10.1. The SMILES string of the molecule is CC(NC1CCS(=O)CC1)c1nccs1. The van der Waals surface area contributed by atoms with Crippen molar-refractivity contribution in [2.45, 2.75) is 31.8 Å². The Morgan fingerprint density at radius 1 is 1.60 bits per heavy atom. The Bertz CT molecular complexity index is 316. The molecule has 2 heterocycles. The molecular weight excluding hydrogens is 228 g/mol. The van der Waals surface area contributed by atoms with Gasteiger partial charge in [-0.05, 0) is 19.8 Å². The number of nitrogens with zero attached hydrogens (tertiary/aromatic N) is 1. The van der Waals surface area contributed by atoms with Crippen molar-refractivity contribution in [3.8, 4) is 0 Å². The Balaban J connectivity index is 1.84. The van der Waals surface area contributed by atoms with Crippen LogP contribution in [-0.2, 0) is 10.8 Å². The predicted octanol–water partition coefficient (Wildman–Crippen LogP) is 1.70. The van der Waals surface area contributed by atoms with Crippen LogP contribution in [0.15, 0.2) is 11.6 Å². The van der Waals surface area contributed by atoms with Crippen LogP contribution in [0.25, 0.3) is 0 Å². The molecule has 1 aromatic heterocycles. The van der Waals surface area contributed by atoms with Crippen LogP contribution in [0.4, 0.5) is 0 Å². The second-order valence-electron chi connectivity index (χ2n) is 3.88.